The van der Waals surface area contributed by atoms with Crippen molar-refractivity contribution in [2.75, 3.05) is 37.2 Å². The van der Waals surface area contributed by atoms with Crippen LogP contribution >= 0.6 is 11.5 Å². The number of likely N-dealkylation sites (tertiary alicyclic amines) is 1. The molecule has 4 nitrogen and oxygen atoms in total. The lowest BCUT2D eigenvalue weighted by molar-refractivity contribution is 0.353. The van der Waals surface area contributed by atoms with Crippen LogP contribution in [0.4, 0.5) is 10.8 Å². The molecule has 0 radical (unpaired) electrons. The zero-order chi connectivity index (χ0) is 11.7. The molecule has 2 fully saturated rings. The molecule has 1 aromatic rings. The van der Waals surface area contributed by atoms with Crippen LogP contribution in [-0.2, 0) is 0 Å². The second kappa shape index (κ2) is 4.82. The molecule has 3 rings (SSSR count). The minimum absolute atomic E-state index is 0.683. The summed E-state index contributed by atoms with van der Waals surface area (Å²) in [4.78, 5) is 2.52. The van der Waals surface area contributed by atoms with Gasteiger partial charge in [0.15, 0.2) is 0 Å². The summed E-state index contributed by atoms with van der Waals surface area (Å²) in [5.74, 6) is 1.43. The molecule has 1 saturated carbocycles. The second-order valence-electron chi connectivity index (χ2n) is 5.06. The maximum atomic E-state index is 5.93. The molecule has 1 aliphatic carbocycles. The Balaban J connectivity index is 1.53. The van der Waals surface area contributed by atoms with Crippen LogP contribution in [0.3, 0.4) is 0 Å². The number of nitrogens with two attached hydrogens (primary N) is 1. The predicted octanol–water partition coefficient (Wildman–Crippen LogP) is 2.11. The maximum absolute atomic E-state index is 5.93. The van der Waals surface area contributed by atoms with E-state index in [-0.39, 0.29) is 0 Å². The van der Waals surface area contributed by atoms with Crippen LogP contribution in [0.25, 0.3) is 0 Å². The Kier molecular flexibility index (Phi) is 3.20. The second-order valence-corrected chi connectivity index (χ2v) is 5.83. The van der Waals surface area contributed by atoms with E-state index in [2.05, 4.69) is 14.6 Å². The topological polar surface area (TPSA) is 54.2 Å². The van der Waals surface area contributed by atoms with Crippen molar-refractivity contribution < 1.29 is 0 Å². The zero-order valence-corrected chi connectivity index (χ0v) is 10.9. The summed E-state index contributed by atoms with van der Waals surface area (Å²) >= 11 is 1.52. The minimum atomic E-state index is 0.683. The van der Waals surface area contributed by atoms with Crippen LogP contribution in [0, 0.1) is 0 Å². The van der Waals surface area contributed by atoms with Crippen LogP contribution in [0.15, 0.2) is 0 Å². The molecular weight excluding hydrogens is 232 g/mol. The SMILES string of the molecule is Nc1nsc(NCCN2CCCC2)c1C1CC1. The summed E-state index contributed by atoms with van der Waals surface area (Å²) in [7, 11) is 0. The number of rotatable bonds is 5. The van der Waals surface area contributed by atoms with Crippen LogP contribution < -0.4 is 11.1 Å². The summed E-state index contributed by atoms with van der Waals surface area (Å²) in [5.41, 5.74) is 7.21. The van der Waals surface area contributed by atoms with Gasteiger partial charge in [0.1, 0.15) is 10.8 Å². The molecule has 3 N–H and O–H groups in total. The molecule has 0 atom stereocenters. The summed E-state index contributed by atoms with van der Waals surface area (Å²) in [6.45, 7) is 4.69. The molecule has 1 aliphatic heterocycles. The fourth-order valence-corrected chi connectivity index (χ4v) is 3.36. The molecule has 2 heterocycles. The first kappa shape index (κ1) is 11.3. The normalized spacial score (nSPS) is 20.9. The number of nitrogens with one attached hydrogen (secondary N) is 1. The van der Waals surface area contributed by atoms with Gasteiger partial charge < -0.3 is 16.0 Å². The van der Waals surface area contributed by atoms with Crippen molar-refractivity contribution in [2.45, 2.75) is 31.6 Å². The largest absolute Gasteiger partial charge is 0.383 e. The molecule has 0 bridgehead atoms. The third kappa shape index (κ3) is 2.55. The first-order valence-corrected chi connectivity index (χ1v) is 7.33. The van der Waals surface area contributed by atoms with Gasteiger partial charge in [-0.15, -0.1) is 0 Å². The van der Waals surface area contributed by atoms with Crippen LogP contribution in [-0.4, -0.2) is 35.5 Å². The van der Waals surface area contributed by atoms with Crippen molar-refractivity contribution in [2.24, 2.45) is 0 Å². The standard InChI is InChI=1S/C12H20N4S/c13-11-10(9-3-4-9)12(17-15-11)14-5-8-16-6-1-2-7-16/h9,14H,1-8H2,(H2,13,15). The highest BCUT2D eigenvalue weighted by Gasteiger charge is 2.30. The van der Waals surface area contributed by atoms with E-state index in [1.807, 2.05) is 0 Å². The molecule has 1 saturated heterocycles. The number of aromatic nitrogens is 1. The average Bonchev–Trinajstić information content (AvgIpc) is 2.88. The lowest BCUT2D eigenvalue weighted by atomic mass is 10.2. The maximum Gasteiger partial charge on any atom is 0.142 e. The summed E-state index contributed by atoms with van der Waals surface area (Å²) in [5, 5.41) is 4.73. The van der Waals surface area contributed by atoms with Gasteiger partial charge in [-0.25, -0.2) is 0 Å². The van der Waals surface area contributed by atoms with Gasteiger partial charge in [0.2, 0.25) is 0 Å². The Labute approximate surface area is 106 Å². The van der Waals surface area contributed by atoms with E-state index in [1.165, 1.54) is 60.9 Å². The predicted molar refractivity (Wildman–Crippen MR) is 72.7 cm³/mol. The van der Waals surface area contributed by atoms with E-state index in [0.29, 0.717) is 5.92 Å². The highest BCUT2D eigenvalue weighted by atomic mass is 32.1. The van der Waals surface area contributed by atoms with Gasteiger partial charge >= 0.3 is 0 Å². The van der Waals surface area contributed by atoms with Crippen molar-refractivity contribution >= 4 is 22.4 Å². The number of hydrogen-bond donors (Lipinski definition) is 2. The highest BCUT2D eigenvalue weighted by molar-refractivity contribution is 7.10. The Morgan fingerprint density at radius 1 is 1.35 bits per heavy atom. The molecule has 0 amide bonds. The van der Waals surface area contributed by atoms with Crippen molar-refractivity contribution in [1.82, 2.24) is 9.27 Å². The van der Waals surface area contributed by atoms with Gasteiger partial charge in [-0.1, -0.05) is 0 Å². The van der Waals surface area contributed by atoms with E-state index in [0.717, 1.165) is 18.9 Å². The van der Waals surface area contributed by atoms with Crippen molar-refractivity contribution in [3.8, 4) is 0 Å². The van der Waals surface area contributed by atoms with Crippen molar-refractivity contribution in [3.05, 3.63) is 5.56 Å². The average molecular weight is 252 g/mol. The van der Waals surface area contributed by atoms with Gasteiger partial charge in [-0.3, -0.25) is 0 Å². The fraction of sp³-hybridized carbons (Fsp3) is 0.750. The van der Waals surface area contributed by atoms with Crippen molar-refractivity contribution in [3.63, 3.8) is 0 Å². The molecule has 17 heavy (non-hydrogen) atoms. The molecule has 0 aromatic carbocycles. The smallest absolute Gasteiger partial charge is 0.142 e. The molecule has 1 aromatic heterocycles. The Morgan fingerprint density at radius 3 is 2.82 bits per heavy atom. The Morgan fingerprint density at radius 2 is 2.12 bits per heavy atom. The van der Waals surface area contributed by atoms with E-state index < -0.39 is 0 Å². The third-order valence-electron chi connectivity index (χ3n) is 3.65. The highest BCUT2D eigenvalue weighted by Crippen LogP contribution is 2.47. The van der Waals surface area contributed by atoms with Gasteiger partial charge in [0.05, 0.1) is 0 Å². The van der Waals surface area contributed by atoms with Crippen molar-refractivity contribution in [1.29, 1.82) is 0 Å². The number of hydrogen-bond acceptors (Lipinski definition) is 5. The molecule has 0 spiro atoms. The monoisotopic (exact) mass is 252 g/mol. The summed E-state index contributed by atoms with van der Waals surface area (Å²) in [6, 6.07) is 0. The first-order valence-electron chi connectivity index (χ1n) is 6.56. The van der Waals surface area contributed by atoms with Gasteiger partial charge in [-0.2, -0.15) is 4.37 Å². The lowest BCUT2D eigenvalue weighted by Crippen LogP contribution is -2.25. The van der Waals surface area contributed by atoms with Crippen LogP contribution in [0.5, 0.6) is 0 Å². The first-order chi connectivity index (χ1) is 8.34. The molecule has 94 valence electrons. The molecule has 5 heteroatoms. The van der Waals surface area contributed by atoms with Crippen LogP contribution in [0.2, 0.25) is 0 Å². The molecular formula is C12H20N4S. The fourth-order valence-electron chi connectivity index (χ4n) is 2.54. The van der Waals surface area contributed by atoms with Gasteiger partial charge in [0.25, 0.3) is 0 Å². The van der Waals surface area contributed by atoms with Crippen LogP contribution in [0.1, 0.15) is 37.2 Å². The number of nitrogens with zero attached hydrogens (tertiary/aromatic N) is 2. The Bertz CT molecular complexity index is 380. The lowest BCUT2D eigenvalue weighted by Gasteiger charge is -2.15. The molecule has 2 aliphatic rings. The van der Waals surface area contributed by atoms with E-state index in [9.17, 15) is 0 Å². The number of anilines is 2. The van der Waals surface area contributed by atoms with E-state index >= 15 is 0 Å². The van der Waals surface area contributed by atoms with E-state index in [1.54, 1.807) is 0 Å². The number of nitrogen functional groups attached to an aromatic ring is 1. The van der Waals surface area contributed by atoms with Gasteiger partial charge in [-0.05, 0) is 56.2 Å². The quantitative estimate of drug-likeness (QED) is 0.843. The summed E-state index contributed by atoms with van der Waals surface area (Å²) in [6.07, 6.45) is 5.29. The third-order valence-corrected chi connectivity index (χ3v) is 4.49. The van der Waals surface area contributed by atoms with Gasteiger partial charge in [0, 0.05) is 18.7 Å². The summed E-state index contributed by atoms with van der Waals surface area (Å²) < 4.78 is 4.27. The zero-order valence-electron chi connectivity index (χ0n) is 10.1. The Hall–Kier alpha value is -0.810. The molecule has 0 unspecified atom stereocenters. The minimum Gasteiger partial charge on any atom is -0.383 e. The van der Waals surface area contributed by atoms with E-state index in [4.69, 9.17) is 5.73 Å².